The predicted molar refractivity (Wildman–Crippen MR) is 82.3 cm³/mol. The van der Waals surface area contributed by atoms with E-state index in [0.29, 0.717) is 11.8 Å². The highest BCUT2D eigenvalue weighted by atomic mass is 79.9. The lowest BCUT2D eigenvalue weighted by molar-refractivity contribution is 0.455. The Hall–Kier alpha value is -1.06. The molecule has 1 heterocycles. The third kappa shape index (κ3) is 3.28. The number of pyridine rings is 1. The Balaban J connectivity index is 2.40. The summed E-state index contributed by atoms with van der Waals surface area (Å²) in [7, 11) is 0. The fourth-order valence-electron chi connectivity index (χ4n) is 1.77. The van der Waals surface area contributed by atoms with Gasteiger partial charge in [0.05, 0.1) is 4.47 Å². The van der Waals surface area contributed by atoms with Crippen LogP contribution in [0, 0.1) is 6.92 Å². The van der Waals surface area contributed by atoms with Gasteiger partial charge in [-0.25, -0.2) is 4.98 Å². The largest absolute Gasteiger partial charge is 0.438 e. The second kappa shape index (κ2) is 5.93. The van der Waals surface area contributed by atoms with Gasteiger partial charge in [0.25, 0.3) is 0 Å². The van der Waals surface area contributed by atoms with E-state index in [1.54, 1.807) is 6.20 Å². The van der Waals surface area contributed by atoms with Crippen LogP contribution in [0.15, 0.2) is 34.9 Å². The maximum absolute atomic E-state index is 6.25. The third-order valence-electron chi connectivity index (χ3n) is 2.85. The molecule has 0 aliphatic carbocycles. The summed E-state index contributed by atoms with van der Waals surface area (Å²) >= 11 is 9.68. The van der Waals surface area contributed by atoms with Crippen molar-refractivity contribution in [3.05, 3.63) is 51.1 Å². The molecule has 100 valence electrons. The van der Waals surface area contributed by atoms with Crippen LogP contribution in [0.25, 0.3) is 0 Å². The van der Waals surface area contributed by atoms with Crippen molar-refractivity contribution in [3.63, 3.8) is 0 Å². The van der Waals surface area contributed by atoms with Crippen LogP contribution in [0.3, 0.4) is 0 Å². The number of rotatable bonds is 3. The van der Waals surface area contributed by atoms with E-state index in [9.17, 15) is 0 Å². The zero-order valence-corrected chi connectivity index (χ0v) is 13.4. The molecule has 19 heavy (non-hydrogen) atoms. The van der Waals surface area contributed by atoms with Crippen molar-refractivity contribution >= 4 is 27.5 Å². The Labute approximate surface area is 126 Å². The highest BCUT2D eigenvalue weighted by Gasteiger charge is 2.12. The van der Waals surface area contributed by atoms with E-state index in [0.717, 1.165) is 26.4 Å². The van der Waals surface area contributed by atoms with Gasteiger partial charge in [0.2, 0.25) is 5.88 Å². The summed E-state index contributed by atoms with van der Waals surface area (Å²) in [5, 5.41) is 0.778. The zero-order chi connectivity index (χ0) is 14.0. The molecule has 0 fully saturated rings. The fraction of sp³-hybridized carbons (Fsp3) is 0.267. The molecule has 0 saturated heterocycles. The number of nitrogens with zero attached hydrogens (tertiary/aromatic N) is 1. The van der Waals surface area contributed by atoms with Crippen LogP contribution in [0.5, 0.6) is 11.6 Å². The second-order valence-electron chi connectivity index (χ2n) is 4.69. The molecule has 0 saturated carbocycles. The third-order valence-corrected chi connectivity index (χ3v) is 3.78. The van der Waals surface area contributed by atoms with Crippen molar-refractivity contribution in [1.82, 2.24) is 4.98 Å². The minimum absolute atomic E-state index is 0.350. The van der Waals surface area contributed by atoms with E-state index >= 15 is 0 Å². The van der Waals surface area contributed by atoms with E-state index < -0.39 is 0 Å². The molecular formula is C15H15BrClNO. The molecule has 2 aromatic rings. The van der Waals surface area contributed by atoms with Crippen LogP contribution in [0.2, 0.25) is 5.02 Å². The molecule has 0 spiro atoms. The number of halogens is 2. The van der Waals surface area contributed by atoms with Crippen LogP contribution in [0.1, 0.15) is 30.9 Å². The maximum Gasteiger partial charge on any atom is 0.233 e. The first-order valence-corrected chi connectivity index (χ1v) is 7.24. The summed E-state index contributed by atoms with van der Waals surface area (Å²) in [5.74, 6) is 1.69. The summed E-state index contributed by atoms with van der Waals surface area (Å²) in [6.07, 6.45) is 1.70. The summed E-state index contributed by atoms with van der Waals surface area (Å²) < 4.78 is 6.70. The molecule has 1 aromatic heterocycles. The first-order chi connectivity index (χ1) is 8.99. The Morgan fingerprint density at radius 3 is 2.68 bits per heavy atom. The van der Waals surface area contributed by atoms with Crippen LogP contribution in [0.4, 0.5) is 0 Å². The normalized spacial score (nSPS) is 10.8. The molecule has 0 unspecified atom stereocenters. The molecule has 2 nitrogen and oxygen atoms in total. The predicted octanol–water partition coefficient (Wildman–Crippen LogP) is 5.72. The highest BCUT2D eigenvalue weighted by Crippen LogP contribution is 2.35. The molecule has 2 rings (SSSR count). The van der Waals surface area contributed by atoms with Crippen LogP contribution < -0.4 is 4.74 Å². The number of hydrogen-bond acceptors (Lipinski definition) is 2. The SMILES string of the molecule is Cc1cc(Cl)c(C(C)C)cc1Oc1ncccc1Br. The van der Waals surface area contributed by atoms with E-state index in [1.807, 2.05) is 31.2 Å². The van der Waals surface area contributed by atoms with Gasteiger partial charge >= 0.3 is 0 Å². The smallest absolute Gasteiger partial charge is 0.233 e. The van der Waals surface area contributed by atoms with Crippen LogP contribution in [-0.2, 0) is 0 Å². The van der Waals surface area contributed by atoms with Crippen molar-refractivity contribution < 1.29 is 4.74 Å². The average Bonchev–Trinajstić information content (AvgIpc) is 2.34. The molecule has 0 aliphatic rings. The Morgan fingerprint density at radius 1 is 1.32 bits per heavy atom. The van der Waals surface area contributed by atoms with Gasteiger partial charge in [0, 0.05) is 11.2 Å². The lowest BCUT2D eigenvalue weighted by Crippen LogP contribution is -1.95. The van der Waals surface area contributed by atoms with Crippen molar-refractivity contribution in [2.45, 2.75) is 26.7 Å². The van der Waals surface area contributed by atoms with Crippen LogP contribution in [-0.4, -0.2) is 4.98 Å². The Bertz CT molecular complexity index is 599. The number of ether oxygens (including phenoxy) is 1. The van der Waals surface area contributed by atoms with E-state index in [4.69, 9.17) is 16.3 Å². The molecule has 0 bridgehead atoms. The van der Waals surface area contributed by atoms with Crippen LogP contribution >= 0.6 is 27.5 Å². The van der Waals surface area contributed by atoms with Crippen molar-refractivity contribution in [2.75, 3.05) is 0 Å². The quantitative estimate of drug-likeness (QED) is 0.712. The van der Waals surface area contributed by atoms with Gasteiger partial charge in [-0.1, -0.05) is 25.4 Å². The molecule has 4 heteroatoms. The summed E-state index contributed by atoms with van der Waals surface area (Å²) in [6, 6.07) is 7.68. The minimum atomic E-state index is 0.350. The molecule has 0 radical (unpaired) electrons. The fourth-order valence-corrected chi connectivity index (χ4v) is 2.54. The van der Waals surface area contributed by atoms with Gasteiger partial charge < -0.3 is 4.74 Å². The van der Waals surface area contributed by atoms with Crippen molar-refractivity contribution in [3.8, 4) is 11.6 Å². The molecule has 0 N–H and O–H groups in total. The van der Waals surface area contributed by atoms with Crippen molar-refractivity contribution in [2.24, 2.45) is 0 Å². The molecule has 1 aromatic carbocycles. The van der Waals surface area contributed by atoms with E-state index in [2.05, 4.69) is 34.8 Å². The van der Waals surface area contributed by atoms with E-state index in [1.165, 1.54) is 0 Å². The van der Waals surface area contributed by atoms with Gasteiger partial charge in [-0.3, -0.25) is 0 Å². The number of aromatic nitrogens is 1. The molecule has 0 amide bonds. The Morgan fingerprint density at radius 2 is 2.05 bits per heavy atom. The standard InChI is InChI=1S/C15H15BrClNO/c1-9(2)11-8-14(10(3)7-13(11)17)19-15-12(16)5-4-6-18-15/h4-9H,1-3H3. The number of benzene rings is 1. The highest BCUT2D eigenvalue weighted by molar-refractivity contribution is 9.10. The topological polar surface area (TPSA) is 22.1 Å². The van der Waals surface area contributed by atoms with Gasteiger partial charge in [-0.15, -0.1) is 0 Å². The van der Waals surface area contributed by atoms with Crippen molar-refractivity contribution in [1.29, 1.82) is 0 Å². The molecule has 0 atom stereocenters. The summed E-state index contributed by atoms with van der Waals surface area (Å²) in [4.78, 5) is 4.21. The monoisotopic (exact) mass is 339 g/mol. The Kier molecular flexibility index (Phi) is 4.48. The lowest BCUT2D eigenvalue weighted by atomic mass is 10.0. The lowest BCUT2D eigenvalue weighted by Gasteiger charge is -2.14. The maximum atomic E-state index is 6.25. The number of hydrogen-bond donors (Lipinski definition) is 0. The zero-order valence-electron chi connectivity index (χ0n) is 11.1. The average molecular weight is 341 g/mol. The van der Waals surface area contributed by atoms with Gasteiger partial charge in [0.1, 0.15) is 5.75 Å². The van der Waals surface area contributed by atoms with E-state index in [-0.39, 0.29) is 0 Å². The molecular weight excluding hydrogens is 326 g/mol. The number of aryl methyl sites for hydroxylation is 1. The minimum Gasteiger partial charge on any atom is -0.438 e. The van der Waals surface area contributed by atoms with Gasteiger partial charge in [-0.05, 0) is 64.2 Å². The molecule has 0 aliphatic heterocycles. The van der Waals surface area contributed by atoms with Gasteiger partial charge in [0.15, 0.2) is 0 Å². The van der Waals surface area contributed by atoms with Gasteiger partial charge in [-0.2, -0.15) is 0 Å². The second-order valence-corrected chi connectivity index (χ2v) is 5.95. The summed E-state index contributed by atoms with van der Waals surface area (Å²) in [5.41, 5.74) is 2.07. The first-order valence-electron chi connectivity index (χ1n) is 6.07. The summed E-state index contributed by atoms with van der Waals surface area (Å²) in [6.45, 7) is 6.19. The first kappa shape index (κ1) is 14.4.